The Kier molecular flexibility index (Phi) is 3.61. The van der Waals surface area contributed by atoms with Gasteiger partial charge in [0, 0.05) is 19.0 Å². The molecule has 2 aliphatic heterocycles. The highest BCUT2D eigenvalue weighted by atomic mass is 32.2. The zero-order chi connectivity index (χ0) is 12.5. The minimum atomic E-state index is -0.0177. The standard InChI is InChI=1S/C13H21N3OS/c14-12-8-10(15-18-12)13(17)16-7-3-5-9-4-1-2-6-11(9)16/h9,11-12H,1-8,14H2. The van der Waals surface area contributed by atoms with E-state index < -0.39 is 0 Å². The fourth-order valence-electron chi connectivity index (χ4n) is 3.57. The predicted octanol–water partition coefficient (Wildman–Crippen LogP) is 1.95. The minimum absolute atomic E-state index is 0.0177. The minimum Gasteiger partial charge on any atom is -0.334 e. The third kappa shape index (κ3) is 2.30. The summed E-state index contributed by atoms with van der Waals surface area (Å²) >= 11 is 1.35. The average Bonchev–Trinajstić information content (AvgIpc) is 2.84. The summed E-state index contributed by atoms with van der Waals surface area (Å²) < 4.78 is 4.25. The van der Waals surface area contributed by atoms with Gasteiger partial charge in [-0.3, -0.25) is 4.79 Å². The van der Waals surface area contributed by atoms with Crippen molar-refractivity contribution >= 4 is 23.6 Å². The van der Waals surface area contributed by atoms with Gasteiger partial charge in [-0.05, 0) is 43.5 Å². The van der Waals surface area contributed by atoms with Crippen molar-refractivity contribution in [1.82, 2.24) is 4.90 Å². The first-order valence-corrected chi connectivity index (χ1v) is 7.88. The molecular formula is C13H21N3OS. The van der Waals surface area contributed by atoms with E-state index in [4.69, 9.17) is 5.73 Å². The number of nitrogens with zero attached hydrogens (tertiary/aromatic N) is 2. The molecule has 100 valence electrons. The number of nitrogens with two attached hydrogens (primary N) is 1. The molecule has 0 spiro atoms. The molecule has 4 nitrogen and oxygen atoms in total. The van der Waals surface area contributed by atoms with E-state index in [2.05, 4.69) is 9.30 Å². The maximum atomic E-state index is 12.5. The molecule has 3 rings (SSSR count). The van der Waals surface area contributed by atoms with E-state index >= 15 is 0 Å². The van der Waals surface area contributed by atoms with Crippen LogP contribution in [0.4, 0.5) is 0 Å². The van der Waals surface area contributed by atoms with Crippen LogP contribution in [0, 0.1) is 5.92 Å². The Morgan fingerprint density at radius 2 is 2.06 bits per heavy atom. The Morgan fingerprint density at radius 3 is 2.83 bits per heavy atom. The molecule has 2 heterocycles. The van der Waals surface area contributed by atoms with E-state index in [0.717, 1.165) is 18.9 Å². The van der Waals surface area contributed by atoms with Crippen LogP contribution in [-0.4, -0.2) is 34.5 Å². The fraction of sp³-hybridized carbons (Fsp3) is 0.846. The van der Waals surface area contributed by atoms with Crippen LogP contribution < -0.4 is 5.73 Å². The van der Waals surface area contributed by atoms with Gasteiger partial charge in [0.25, 0.3) is 5.91 Å². The molecule has 0 aromatic rings. The third-order valence-corrected chi connectivity index (χ3v) is 5.21. The van der Waals surface area contributed by atoms with Gasteiger partial charge in [-0.2, -0.15) is 0 Å². The van der Waals surface area contributed by atoms with E-state index in [1.807, 2.05) is 0 Å². The van der Waals surface area contributed by atoms with Gasteiger partial charge < -0.3 is 10.6 Å². The van der Waals surface area contributed by atoms with Crippen LogP contribution in [0.15, 0.2) is 4.40 Å². The van der Waals surface area contributed by atoms with Gasteiger partial charge in [0.2, 0.25) is 0 Å². The second kappa shape index (κ2) is 5.21. The quantitative estimate of drug-likeness (QED) is 0.739. The summed E-state index contributed by atoms with van der Waals surface area (Å²) in [6.45, 7) is 0.916. The van der Waals surface area contributed by atoms with Gasteiger partial charge in [-0.1, -0.05) is 12.8 Å². The number of rotatable bonds is 1. The molecule has 0 radical (unpaired) electrons. The Bertz CT molecular complexity index is 369. The van der Waals surface area contributed by atoms with E-state index in [1.54, 1.807) is 0 Å². The fourth-order valence-corrected chi connectivity index (χ4v) is 4.21. The van der Waals surface area contributed by atoms with Crippen molar-refractivity contribution in [3.8, 4) is 0 Å². The lowest BCUT2D eigenvalue weighted by Crippen LogP contribution is -2.51. The largest absolute Gasteiger partial charge is 0.334 e. The molecule has 3 unspecified atom stereocenters. The summed E-state index contributed by atoms with van der Waals surface area (Å²) in [5, 5.41) is -0.0177. The molecule has 0 aromatic carbocycles. The van der Waals surface area contributed by atoms with Gasteiger partial charge in [0.05, 0.1) is 5.37 Å². The molecule has 0 aromatic heterocycles. The molecule has 1 aliphatic carbocycles. The number of carbonyl (C=O) groups excluding carboxylic acids is 1. The molecule has 2 fully saturated rings. The van der Waals surface area contributed by atoms with Crippen molar-refractivity contribution in [2.75, 3.05) is 6.54 Å². The first-order chi connectivity index (χ1) is 8.75. The molecule has 5 heteroatoms. The molecule has 3 atom stereocenters. The SMILES string of the molecule is NC1CC(C(=O)N2CCCC3CCCCC32)=NS1. The van der Waals surface area contributed by atoms with Crippen LogP contribution in [-0.2, 0) is 4.79 Å². The number of likely N-dealkylation sites (tertiary alicyclic amines) is 1. The highest BCUT2D eigenvalue weighted by Gasteiger charge is 2.38. The lowest BCUT2D eigenvalue weighted by Gasteiger charge is -2.44. The molecule has 1 saturated heterocycles. The summed E-state index contributed by atoms with van der Waals surface area (Å²) in [4.78, 5) is 14.6. The monoisotopic (exact) mass is 267 g/mol. The van der Waals surface area contributed by atoms with Crippen LogP contribution in [0.3, 0.4) is 0 Å². The van der Waals surface area contributed by atoms with Gasteiger partial charge in [-0.15, -0.1) is 0 Å². The summed E-state index contributed by atoms with van der Waals surface area (Å²) in [7, 11) is 0. The predicted molar refractivity (Wildman–Crippen MR) is 74.3 cm³/mol. The molecule has 3 aliphatic rings. The van der Waals surface area contributed by atoms with Crippen molar-refractivity contribution < 1.29 is 4.79 Å². The van der Waals surface area contributed by atoms with E-state index in [1.165, 1.54) is 44.1 Å². The van der Waals surface area contributed by atoms with Crippen LogP contribution in [0.2, 0.25) is 0 Å². The molecule has 1 saturated carbocycles. The lowest BCUT2D eigenvalue weighted by molar-refractivity contribution is -0.130. The zero-order valence-corrected chi connectivity index (χ0v) is 11.5. The van der Waals surface area contributed by atoms with E-state index in [9.17, 15) is 4.79 Å². The second-order valence-electron chi connectivity index (χ2n) is 5.64. The first-order valence-electron chi connectivity index (χ1n) is 7.05. The van der Waals surface area contributed by atoms with Crippen molar-refractivity contribution in [3.05, 3.63) is 0 Å². The van der Waals surface area contributed by atoms with Crippen molar-refractivity contribution in [2.24, 2.45) is 16.0 Å². The number of piperidine rings is 1. The smallest absolute Gasteiger partial charge is 0.269 e. The third-order valence-electron chi connectivity index (χ3n) is 4.44. The van der Waals surface area contributed by atoms with Crippen molar-refractivity contribution in [2.45, 2.75) is 56.4 Å². The summed E-state index contributed by atoms with van der Waals surface area (Å²) in [5.41, 5.74) is 6.50. The molecule has 1 amide bonds. The van der Waals surface area contributed by atoms with Crippen molar-refractivity contribution in [3.63, 3.8) is 0 Å². The normalized spacial score (nSPS) is 36.2. The van der Waals surface area contributed by atoms with Gasteiger partial charge in [0.1, 0.15) is 5.71 Å². The summed E-state index contributed by atoms with van der Waals surface area (Å²) in [6, 6.07) is 0.476. The Hall–Kier alpha value is -0.550. The van der Waals surface area contributed by atoms with Crippen LogP contribution in [0.25, 0.3) is 0 Å². The van der Waals surface area contributed by atoms with Gasteiger partial charge in [0.15, 0.2) is 0 Å². The molecule has 0 bridgehead atoms. The first kappa shape index (κ1) is 12.5. The molecule has 18 heavy (non-hydrogen) atoms. The van der Waals surface area contributed by atoms with Crippen molar-refractivity contribution in [1.29, 1.82) is 0 Å². The Morgan fingerprint density at radius 1 is 1.28 bits per heavy atom. The number of carbonyl (C=O) groups is 1. The van der Waals surface area contributed by atoms with E-state index in [0.29, 0.717) is 18.2 Å². The topological polar surface area (TPSA) is 58.7 Å². The number of fused-ring (bicyclic) bond motifs is 1. The molecule has 2 N–H and O–H groups in total. The number of hydrogen-bond donors (Lipinski definition) is 1. The Labute approximate surface area is 113 Å². The summed E-state index contributed by atoms with van der Waals surface area (Å²) in [6.07, 6.45) is 8.18. The number of amides is 1. The zero-order valence-electron chi connectivity index (χ0n) is 10.7. The molecular weight excluding hydrogens is 246 g/mol. The highest BCUT2D eigenvalue weighted by Crippen LogP contribution is 2.36. The highest BCUT2D eigenvalue weighted by molar-refractivity contribution is 7.99. The van der Waals surface area contributed by atoms with Gasteiger partial charge >= 0.3 is 0 Å². The second-order valence-corrected chi connectivity index (χ2v) is 6.64. The Balaban J connectivity index is 1.72. The maximum absolute atomic E-state index is 12.5. The maximum Gasteiger partial charge on any atom is 0.269 e. The van der Waals surface area contributed by atoms with E-state index in [-0.39, 0.29) is 11.3 Å². The lowest BCUT2D eigenvalue weighted by atomic mass is 9.78. The number of hydrogen-bond acceptors (Lipinski definition) is 4. The summed E-state index contributed by atoms with van der Waals surface area (Å²) in [5.74, 6) is 0.895. The van der Waals surface area contributed by atoms with Gasteiger partial charge in [-0.25, -0.2) is 4.40 Å². The van der Waals surface area contributed by atoms with Crippen LogP contribution in [0.1, 0.15) is 44.9 Å². The van der Waals surface area contributed by atoms with Crippen LogP contribution >= 0.6 is 11.9 Å². The van der Waals surface area contributed by atoms with Crippen LogP contribution in [0.5, 0.6) is 0 Å². The average molecular weight is 267 g/mol.